The number of aromatic nitrogens is 1. The number of rotatable bonds is 4. The van der Waals surface area contributed by atoms with Crippen molar-refractivity contribution in [3.05, 3.63) is 23.4 Å². The number of hydrogen-bond donors (Lipinski definition) is 2. The van der Waals surface area contributed by atoms with Gasteiger partial charge in [-0.15, -0.1) is 0 Å². The second-order valence-electron chi connectivity index (χ2n) is 3.82. The average molecular weight is 215 g/mol. The maximum atomic E-state index is 8.86. The lowest BCUT2D eigenvalue weighted by molar-refractivity contribution is 0.260. The molecule has 0 bridgehead atoms. The van der Waals surface area contributed by atoms with E-state index in [4.69, 9.17) is 16.7 Å². The van der Waals surface area contributed by atoms with Crippen molar-refractivity contribution in [2.45, 2.75) is 25.8 Å². The van der Waals surface area contributed by atoms with Crippen LogP contribution in [-0.2, 0) is 0 Å². The second-order valence-corrected chi connectivity index (χ2v) is 4.22. The highest BCUT2D eigenvalue weighted by Gasteiger charge is 2.18. The number of pyridine rings is 1. The van der Waals surface area contributed by atoms with Crippen LogP contribution in [0.2, 0.25) is 5.02 Å². The van der Waals surface area contributed by atoms with E-state index >= 15 is 0 Å². The molecule has 0 aliphatic heterocycles. The molecule has 0 radical (unpaired) electrons. The topological polar surface area (TPSA) is 45.1 Å². The fourth-order valence-electron chi connectivity index (χ4n) is 1.14. The van der Waals surface area contributed by atoms with E-state index in [1.807, 2.05) is 13.8 Å². The molecule has 0 aliphatic rings. The van der Waals surface area contributed by atoms with Gasteiger partial charge >= 0.3 is 0 Å². The van der Waals surface area contributed by atoms with Gasteiger partial charge in [0, 0.05) is 18.3 Å². The first-order valence-electron chi connectivity index (χ1n) is 4.55. The van der Waals surface area contributed by atoms with E-state index < -0.39 is 0 Å². The van der Waals surface area contributed by atoms with Gasteiger partial charge in [0.25, 0.3) is 0 Å². The molecule has 1 rings (SSSR count). The van der Waals surface area contributed by atoms with Gasteiger partial charge < -0.3 is 10.4 Å². The number of halogens is 1. The molecule has 0 aliphatic carbocycles. The molecular weight excluding hydrogens is 200 g/mol. The summed E-state index contributed by atoms with van der Waals surface area (Å²) >= 11 is 5.94. The number of hydrogen-bond acceptors (Lipinski definition) is 3. The molecule has 0 spiro atoms. The third-order valence-corrected chi connectivity index (χ3v) is 2.26. The smallest absolute Gasteiger partial charge is 0.145 e. The Bertz CT molecular complexity index is 302. The third kappa shape index (κ3) is 3.16. The van der Waals surface area contributed by atoms with Crippen molar-refractivity contribution in [2.75, 3.05) is 11.9 Å². The summed E-state index contributed by atoms with van der Waals surface area (Å²) in [5, 5.41) is 12.6. The Balaban J connectivity index is 2.73. The number of anilines is 1. The number of aliphatic hydroxyl groups is 1. The fourth-order valence-corrected chi connectivity index (χ4v) is 1.31. The van der Waals surface area contributed by atoms with Crippen LogP contribution in [0.1, 0.15) is 20.3 Å². The summed E-state index contributed by atoms with van der Waals surface area (Å²) in [5.74, 6) is 0.660. The van der Waals surface area contributed by atoms with Crippen LogP contribution >= 0.6 is 11.6 Å². The van der Waals surface area contributed by atoms with Crippen molar-refractivity contribution < 1.29 is 5.11 Å². The number of nitrogens with zero attached hydrogens (tertiary/aromatic N) is 1. The van der Waals surface area contributed by atoms with E-state index in [9.17, 15) is 0 Å². The summed E-state index contributed by atoms with van der Waals surface area (Å²) in [4.78, 5) is 4.12. The lowest BCUT2D eigenvalue weighted by atomic mass is 10.0. The van der Waals surface area contributed by atoms with E-state index in [1.165, 1.54) is 0 Å². The van der Waals surface area contributed by atoms with Gasteiger partial charge in [-0.05, 0) is 32.4 Å². The molecule has 78 valence electrons. The Labute approximate surface area is 89.1 Å². The number of aliphatic hydroxyl groups excluding tert-OH is 1. The van der Waals surface area contributed by atoms with Crippen LogP contribution in [0, 0.1) is 0 Å². The van der Waals surface area contributed by atoms with Gasteiger partial charge in [-0.3, -0.25) is 0 Å². The van der Waals surface area contributed by atoms with Crippen LogP contribution in [-0.4, -0.2) is 22.2 Å². The summed E-state index contributed by atoms with van der Waals surface area (Å²) in [6.07, 6.45) is 2.34. The van der Waals surface area contributed by atoms with Crippen molar-refractivity contribution >= 4 is 17.4 Å². The SMILES string of the molecule is CC(C)(CCO)Nc1ncccc1Cl. The van der Waals surface area contributed by atoms with E-state index in [0.29, 0.717) is 17.3 Å². The second kappa shape index (κ2) is 4.62. The van der Waals surface area contributed by atoms with Gasteiger partial charge in [-0.2, -0.15) is 0 Å². The van der Waals surface area contributed by atoms with Gasteiger partial charge in [-0.25, -0.2) is 4.98 Å². The quantitative estimate of drug-likeness (QED) is 0.809. The highest BCUT2D eigenvalue weighted by atomic mass is 35.5. The molecule has 1 aromatic heterocycles. The van der Waals surface area contributed by atoms with Gasteiger partial charge in [0.2, 0.25) is 0 Å². The standard InChI is InChI=1S/C10H15ClN2O/c1-10(2,5-7-14)13-9-8(11)4-3-6-12-9/h3-4,6,14H,5,7H2,1-2H3,(H,12,13). The van der Waals surface area contributed by atoms with E-state index in [-0.39, 0.29) is 12.1 Å². The van der Waals surface area contributed by atoms with Crippen molar-refractivity contribution in [1.82, 2.24) is 4.98 Å². The molecular formula is C10H15ClN2O. The van der Waals surface area contributed by atoms with Crippen LogP contribution in [0.3, 0.4) is 0 Å². The Morgan fingerprint density at radius 3 is 2.86 bits per heavy atom. The maximum Gasteiger partial charge on any atom is 0.145 e. The van der Waals surface area contributed by atoms with Crippen LogP contribution in [0.4, 0.5) is 5.82 Å². The van der Waals surface area contributed by atoms with Crippen molar-refractivity contribution in [2.24, 2.45) is 0 Å². The molecule has 3 nitrogen and oxygen atoms in total. The molecule has 0 fully saturated rings. The first kappa shape index (κ1) is 11.3. The Morgan fingerprint density at radius 2 is 2.29 bits per heavy atom. The van der Waals surface area contributed by atoms with E-state index in [2.05, 4.69) is 10.3 Å². The molecule has 4 heteroatoms. The van der Waals surface area contributed by atoms with Crippen LogP contribution in [0.5, 0.6) is 0 Å². The Kier molecular flexibility index (Phi) is 3.72. The molecule has 0 unspecified atom stereocenters. The molecule has 1 aromatic rings. The minimum Gasteiger partial charge on any atom is -0.396 e. The van der Waals surface area contributed by atoms with Crippen LogP contribution < -0.4 is 5.32 Å². The summed E-state index contributed by atoms with van der Waals surface area (Å²) in [7, 11) is 0. The zero-order valence-corrected chi connectivity index (χ0v) is 9.17. The normalized spacial score (nSPS) is 11.4. The minimum absolute atomic E-state index is 0.143. The van der Waals surface area contributed by atoms with Gasteiger partial charge in [0.15, 0.2) is 0 Å². The van der Waals surface area contributed by atoms with Crippen molar-refractivity contribution in [1.29, 1.82) is 0 Å². The zero-order chi connectivity index (χ0) is 10.6. The molecule has 0 atom stereocenters. The third-order valence-electron chi connectivity index (χ3n) is 1.95. The summed E-state index contributed by atoms with van der Waals surface area (Å²) in [6.45, 7) is 4.13. The first-order valence-corrected chi connectivity index (χ1v) is 4.92. The van der Waals surface area contributed by atoms with E-state index in [1.54, 1.807) is 18.3 Å². The molecule has 0 aromatic carbocycles. The predicted molar refractivity (Wildman–Crippen MR) is 58.7 cm³/mol. The highest BCUT2D eigenvalue weighted by Crippen LogP contribution is 2.22. The lowest BCUT2D eigenvalue weighted by Crippen LogP contribution is -2.32. The molecule has 0 amide bonds. The van der Waals surface area contributed by atoms with Crippen molar-refractivity contribution in [3.63, 3.8) is 0 Å². The lowest BCUT2D eigenvalue weighted by Gasteiger charge is -2.26. The summed E-state index contributed by atoms with van der Waals surface area (Å²) < 4.78 is 0. The molecule has 0 saturated carbocycles. The highest BCUT2D eigenvalue weighted by molar-refractivity contribution is 6.32. The van der Waals surface area contributed by atoms with Crippen molar-refractivity contribution in [3.8, 4) is 0 Å². The Hall–Kier alpha value is -0.800. The molecule has 14 heavy (non-hydrogen) atoms. The first-order chi connectivity index (χ1) is 6.55. The van der Waals surface area contributed by atoms with E-state index in [0.717, 1.165) is 0 Å². The molecule has 2 N–H and O–H groups in total. The zero-order valence-electron chi connectivity index (χ0n) is 8.42. The van der Waals surface area contributed by atoms with Crippen LogP contribution in [0.25, 0.3) is 0 Å². The molecule has 0 saturated heterocycles. The van der Waals surface area contributed by atoms with Gasteiger partial charge in [0.05, 0.1) is 5.02 Å². The predicted octanol–water partition coefficient (Wildman–Crippen LogP) is 2.31. The summed E-state index contributed by atoms with van der Waals surface area (Å²) in [5.41, 5.74) is -0.202. The minimum atomic E-state index is -0.202. The van der Waals surface area contributed by atoms with Gasteiger partial charge in [-0.1, -0.05) is 11.6 Å². The fraction of sp³-hybridized carbons (Fsp3) is 0.500. The van der Waals surface area contributed by atoms with Crippen LogP contribution in [0.15, 0.2) is 18.3 Å². The average Bonchev–Trinajstić information content (AvgIpc) is 2.08. The largest absolute Gasteiger partial charge is 0.396 e. The Morgan fingerprint density at radius 1 is 1.57 bits per heavy atom. The summed E-state index contributed by atoms with van der Waals surface area (Å²) in [6, 6.07) is 3.57. The maximum absolute atomic E-state index is 8.86. The monoisotopic (exact) mass is 214 g/mol. The van der Waals surface area contributed by atoms with Gasteiger partial charge in [0.1, 0.15) is 5.82 Å². The number of nitrogens with one attached hydrogen (secondary N) is 1. The molecule has 1 heterocycles.